The van der Waals surface area contributed by atoms with Crippen LogP contribution in [-0.2, 0) is 44.8 Å². The van der Waals surface area contributed by atoms with E-state index in [1.807, 2.05) is 35.8 Å². The molecule has 0 spiro atoms. The molecule has 1 N–H and O–H groups in total. The van der Waals surface area contributed by atoms with Crippen molar-refractivity contribution in [1.82, 2.24) is 5.48 Å². The summed E-state index contributed by atoms with van der Waals surface area (Å²) >= 11 is 16.6. The summed E-state index contributed by atoms with van der Waals surface area (Å²) in [7, 11) is 0. The average Bonchev–Trinajstić information content (AvgIpc) is 2.67. The lowest BCUT2D eigenvalue weighted by Crippen LogP contribution is -2.62. The smallest absolute Gasteiger partial charge is 0.303 e. The van der Waals surface area contributed by atoms with E-state index in [9.17, 15) is 14.4 Å². The zero-order valence-corrected chi connectivity index (χ0v) is 19.1. The van der Waals surface area contributed by atoms with Gasteiger partial charge in [0.2, 0.25) is 6.29 Å². The lowest BCUT2D eigenvalue weighted by molar-refractivity contribution is -0.319. The number of rotatable bonds is 7. The Hall–Kier alpha value is -1.62. The number of esters is 2. The van der Waals surface area contributed by atoms with E-state index in [4.69, 9.17) is 58.6 Å². The van der Waals surface area contributed by atoms with Gasteiger partial charge in [0.15, 0.2) is 18.3 Å². The Morgan fingerprint density at radius 1 is 1.00 bits per heavy atom. The third-order valence-electron chi connectivity index (χ3n) is 4.14. The van der Waals surface area contributed by atoms with E-state index >= 15 is 0 Å². The van der Waals surface area contributed by atoms with Crippen LogP contribution in [0.2, 0.25) is 0 Å². The van der Waals surface area contributed by atoms with E-state index in [0.29, 0.717) is 0 Å². The first-order valence-corrected chi connectivity index (χ1v) is 10.3. The SMILES string of the molecule is CC(=O)O[C@H]1[C@H](OCc2ccccc2)[C@@H](ONC(=O)C(Cl)(Cl)Cl)O[C@@H](C)[C@H]1OC(C)=O. The van der Waals surface area contributed by atoms with Crippen LogP contribution >= 0.6 is 34.8 Å². The van der Waals surface area contributed by atoms with Gasteiger partial charge in [-0.1, -0.05) is 65.1 Å². The summed E-state index contributed by atoms with van der Waals surface area (Å²) < 4.78 is 20.0. The van der Waals surface area contributed by atoms with Crippen molar-refractivity contribution in [2.75, 3.05) is 0 Å². The van der Waals surface area contributed by atoms with Crippen LogP contribution in [0.5, 0.6) is 0 Å². The first kappa shape index (κ1) is 25.6. The zero-order valence-electron chi connectivity index (χ0n) is 16.9. The normalized spacial score (nSPS) is 26.1. The molecule has 0 aromatic heterocycles. The van der Waals surface area contributed by atoms with Crippen LogP contribution in [0.4, 0.5) is 0 Å². The fourth-order valence-electron chi connectivity index (χ4n) is 2.86. The molecule has 2 rings (SSSR count). The maximum absolute atomic E-state index is 11.9. The van der Waals surface area contributed by atoms with Crippen LogP contribution in [0.1, 0.15) is 26.3 Å². The number of carbonyl (C=O) groups is 3. The van der Waals surface area contributed by atoms with Crippen molar-refractivity contribution in [3.05, 3.63) is 35.9 Å². The molecule has 1 aromatic rings. The molecule has 9 nitrogen and oxygen atoms in total. The van der Waals surface area contributed by atoms with Gasteiger partial charge < -0.3 is 18.9 Å². The van der Waals surface area contributed by atoms with Crippen LogP contribution in [0.3, 0.4) is 0 Å². The van der Waals surface area contributed by atoms with E-state index in [-0.39, 0.29) is 6.61 Å². The largest absolute Gasteiger partial charge is 0.456 e. The zero-order chi connectivity index (χ0) is 23.2. The Bertz CT molecular complexity index is 773. The topological polar surface area (TPSA) is 109 Å². The molecule has 1 amide bonds. The quantitative estimate of drug-likeness (QED) is 0.347. The monoisotopic (exact) mass is 497 g/mol. The van der Waals surface area contributed by atoms with Crippen molar-refractivity contribution in [3.8, 4) is 0 Å². The van der Waals surface area contributed by atoms with Crippen molar-refractivity contribution in [3.63, 3.8) is 0 Å². The summed E-state index contributed by atoms with van der Waals surface area (Å²) in [6.07, 6.45) is -5.29. The number of halogens is 3. The minimum atomic E-state index is -2.28. The van der Waals surface area contributed by atoms with Crippen LogP contribution in [0.25, 0.3) is 0 Å². The molecule has 5 atom stereocenters. The molecule has 1 heterocycles. The first-order chi connectivity index (χ1) is 14.5. The molecule has 172 valence electrons. The van der Waals surface area contributed by atoms with Gasteiger partial charge in [-0.05, 0) is 12.5 Å². The van der Waals surface area contributed by atoms with Crippen molar-refractivity contribution in [2.45, 2.75) is 61.9 Å². The molecule has 1 saturated heterocycles. The molecular weight excluding hydrogens is 477 g/mol. The number of hydrogen-bond donors (Lipinski definition) is 1. The number of nitrogens with one attached hydrogen (secondary N) is 1. The summed E-state index contributed by atoms with van der Waals surface area (Å²) in [6, 6.07) is 9.11. The number of hydroxylamine groups is 1. The fourth-order valence-corrected chi connectivity index (χ4v) is 2.98. The Labute approximate surface area is 194 Å². The van der Waals surface area contributed by atoms with Gasteiger partial charge in [0.1, 0.15) is 0 Å². The molecule has 0 radical (unpaired) electrons. The number of amides is 1. The highest BCUT2D eigenvalue weighted by Crippen LogP contribution is 2.30. The second kappa shape index (κ2) is 11.3. The van der Waals surface area contributed by atoms with Gasteiger partial charge in [0, 0.05) is 13.8 Å². The summed E-state index contributed by atoms with van der Waals surface area (Å²) in [5.74, 6) is -2.32. The number of benzene rings is 1. The number of carbonyl (C=O) groups excluding carboxylic acids is 3. The van der Waals surface area contributed by atoms with Crippen LogP contribution in [0, 0.1) is 0 Å². The predicted octanol–water partition coefficient (Wildman–Crippen LogP) is 2.60. The summed E-state index contributed by atoms with van der Waals surface area (Å²) in [6.45, 7) is 4.05. The van der Waals surface area contributed by atoms with E-state index in [1.165, 1.54) is 13.8 Å². The average molecular weight is 499 g/mol. The van der Waals surface area contributed by atoms with Crippen LogP contribution in [-0.4, -0.2) is 52.3 Å². The minimum Gasteiger partial charge on any atom is -0.456 e. The van der Waals surface area contributed by atoms with Gasteiger partial charge >= 0.3 is 11.9 Å². The lowest BCUT2D eigenvalue weighted by atomic mass is 9.99. The van der Waals surface area contributed by atoms with Crippen molar-refractivity contribution >= 4 is 52.6 Å². The highest BCUT2D eigenvalue weighted by Gasteiger charge is 2.50. The summed E-state index contributed by atoms with van der Waals surface area (Å²) in [5, 5.41) is 0. The molecule has 1 aromatic carbocycles. The van der Waals surface area contributed by atoms with Crippen molar-refractivity contribution in [2.24, 2.45) is 0 Å². The van der Waals surface area contributed by atoms with E-state index in [1.54, 1.807) is 6.92 Å². The Balaban J connectivity index is 2.28. The molecule has 1 aliphatic rings. The summed E-state index contributed by atoms with van der Waals surface area (Å²) in [4.78, 5) is 40.5. The fraction of sp³-hybridized carbons (Fsp3) is 0.526. The van der Waals surface area contributed by atoms with Crippen molar-refractivity contribution in [1.29, 1.82) is 0 Å². The Morgan fingerprint density at radius 2 is 1.58 bits per heavy atom. The van der Waals surface area contributed by atoms with Gasteiger partial charge in [-0.25, -0.2) is 10.3 Å². The van der Waals surface area contributed by atoms with Gasteiger partial charge in [0.05, 0.1) is 12.7 Å². The maximum Gasteiger partial charge on any atom is 0.303 e. The molecule has 0 bridgehead atoms. The number of ether oxygens (including phenoxy) is 4. The van der Waals surface area contributed by atoms with Crippen LogP contribution in [0.15, 0.2) is 30.3 Å². The molecule has 0 saturated carbocycles. The van der Waals surface area contributed by atoms with E-state index in [0.717, 1.165) is 5.56 Å². The van der Waals surface area contributed by atoms with Crippen molar-refractivity contribution < 1.29 is 38.2 Å². The molecule has 1 aliphatic heterocycles. The second-order valence-electron chi connectivity index (χ2n) is 6.67. The van der Waals surface area contributed by atoms with E-state index < -0.39 is 52.3 Å². The third kappa shape index (κ3) is 7.78. The van der Waals surface area contributed by atoms with Crippen LogP contribution < -0.4 is 5.48 Å². The molecule has 31 heavy (non-hydrogen) atoms. The second-order valence-corrected chi connectivity index (χ2v) is 8.95. The van der Waals surface area contributed by atoms with Gasteiger partial charge in [-0.15, -0.1) is 0 Å². The highest BCUT2D eigenvalue weighted by molar-refractivity contribution is 6.76. The Morgan fingerprint density at radius 3 is 2.13 bits per heavy atom. The third-order valence-corrected chi connectivity index (χ3v) is 4.66. The highest BCUT2D eigenvalue weighted by atomic mass is 35.6. The number of alkyl halides is 3. The van der Waals surface area contributed by atoms with Gasteiger partial charge in [-0.3, -0.25) is 14.4 Å². The number of hydrogen-bond acceptors (Lipinski definition) is 8. The molecule has 0 unspecified atom stereocenters. The Kier molecular flexibility index (Phi) is 9.35. The van der Waals surface area contributed by atoms with Gasteiger partial charge in [-0.2, -0.15) is 0 Å². The van der Waals surface area contributed by atoms with Gasteiger partial charge in [0.25, 0.3) is 9.70 Å². The predicted molar refractivity (Wildman–Crippen MR) is 110 cm³/mol. The minimum absolute atomic E-state index is 0.0755. The lowest BCUT2D eigenvalue weighted by Gasteiger charge is -2.43. The van der Waals surface area contributed by atoms with E-state index in [2.05, 4.69) is 0 Å². The standard InChI is InChI=1S/C19H22Cl3NO8/c1-10-14(29-11(2)24)15(30-12(3)25)16(27-9-13-7-5-4-6-8-13)17(28-10)31-23-18(26)19(20,21)22/h4-8,10,14-17H,9H2,1-3H3,(H,23,26)/t10-,14+,15+,16-,17+/m0/s1. The molecular formula is C19H22Cl3NO8. The molecule has 0 aliphatic carbocycles. The summed E-state index contributed by atoms with van der Waals surface area (Å²) in [5.41, 5.74) is 2.78. The first-order valence-electron chi connectivity index (χ1n) is 9.17. The molecule has 12 heteroatoms. The maximum atomic E-state index is 11.9. The molecule has 1 fully saturated rings.